The highest BCUT2D eigenvalue weighted by Gasteiger charge is 2.26. The van der Waals surface area contributed by atoms with E-state index in [0.717, 1.165) is 18.5 Å². The van der Waals surface area contributed by atoms with Crippen LogP contribution < -0.4 is 0 Å². The van der Waals surface area contributed by atoms with Crippen molar-refractivity contribution in [2.24, 2.45) is 5.92 Å². The van der Waals surface area contributed by atoms with E-state index in [1.165, 1.54) is 22.8 Å². The highest BCUT2D eigenvalue weighted by atomic mass is 32.2. The Labute approximate surface area is 152 Å². The highest BCUT2D eigenvalue weighted by molar-refractivity contribution is 7.88. The Morgan fingerprint density at radius 3 is 2.77 bits per heavy atom. The maximum atomic E-state index is 11.8. The summed E-state index contributed by atoms with van der Waals surface area (Å²) in [7, 11) is -3.18. The molecule has 0 bridgehead atoms. The molecule has 1 unspecified atom stereocenters. The van der Waals surface area contributed by atoms with Gasteiger partial charge in [0.25, 0.3) is 0 Å². The van der Waals surface area contributed by atoms with Crippen molar-refractivity contribution in [2.45, 2.75) is 19.3 Å². The van der Waals surface area contributed by atoms with E-state index < -0.39 is 16.0 Å². The average Bonchev–Trinajstić information content (AvgIpc) is 2.61. The maximum Gasteiger partial charge on any atom is 0.337 e. The van der Waals surface area contributed by atoms with Gasteiger partial charge in [0.15, 0.2) is 0 Å². The zero-order valence-electron chi connectivity index (χ0n) is 14.4. The Bertz CT molecular complexity index is 916. The number of piperidine rings is 1. The number of sulfonamides is 1. The van der Waals surface area contributed by atoms with Crippen molar-refractivity contribution in [3.8, 4) is 11.3 Å². The fraction of sp³-hybridized carbons (Fsp3) is 0.412. The number of aromatic nitrogens is 3. The van der Waals surface area contributed by atoms with Crippen LogP contribution in [-0.2, 0) is 16.4 Å². The van der Waals surface area contributed by atoms with Crippen LogP contribution in [0.15, 0.2) is 30.9 Å². The van der Waals surface area contributed by atoms with Gasteiger partial charge in [0.05, 0.1) is 29.4 Å². The Balaban J connectivity index is 1.77. The molecule has 2 aromatic heterocycles. The van der Waals surface area contributed by atoms with Gasteiger partial charge >= 0.3 is 5.97 Å². The van der Waals surface area contributed by atoms with Gasteiger partial charge in [0.1, 0.15) is 0 Å². The molecule has 0 aromatic carbocycles. The summed E-state index contributed by atoms with van der Waals surface area (Å²) < 4.78 is 25.0. The Hall–Kier alpha value is -2.39. The third kappa shape index (κ3) is 4.41. The van der Waals surface area contributed by atoms with Crippen LogP contribution in [0.25, 0.3) is 11.3 Å². The van der Waals surface area contributed by atoms with Gasteiger partial charge in [-0.2, -0.15) is 0 Å². The van der Waals surface area contributed by atoms with E-state index in [2.05, 4.69) is 15.0 Å². The second kappa shape index (κ2) is 7.46. The van der Waals surface area contributed by atoms with E-state index in [1.807, 2.05) is 0 Å². The van der Waals surface area contributed by atoms with Crippen molar-refractivity contribution in [1.82, 2.24) is 19.3 Å². The van der Waals surface area contributed by atoms with Gasteiger partial charge < -0.3 is 5.11 Å². The largest absolute Gasteiger partial charge is 0.478 e. The molecule has 1 N–H and O–H groups in total. The van der Waals surface area contributed by atoms with Crippen molar-refractivity contribution in [2.75, 3.05) is 19.3 Å². The molecule has 0 saturated carbocycles. The zero-order chi connectivity index (χ0) is 18.7. The predicted molar refractivity (Wildman–Crippen MR) is 95.1 cm³/mol. The third-order valence-corrected chi connectivity index (χ3v) is 5.68. The second-order valence-electron chi connectivity index (χ2n) is 6.50. The lowest BCUT2D eigenvalue weighted by molar-refractivity contribution is 0.0696. The van der Waals surface area contributed by atoms with Crippen LogP contribution in [0.3, 0.4) is 0 Å². The molecule has 0 amide bonds. The normalized spacial score (nSPS) is 18.6. The van der Waals surface area contributed by atoms with E-state index >= 15 is 0 Å². The van der Waals surface area contributed by atoms with Crippen LogP contribution in [0.2, 0.25) is 0 Å². The molecular weight excluding hydrogens is 356 g/mol. The topological polar surface area (TPSA) is 113 Å². The Morgan fingerprint density at radius 2 is 2.04 bits per heavy atom. The molecule has 138 valence electrons. The minimum absolute atomic E-state index is 0.0887. The number of pyridine rings is 1. The van der Waals surface area contributed by atoms with Crippen LogP contribution in [-0.4, -0.2) is 58.1 Å². The molecule has 1 aliphatic rings. The summed E-state index contributed by atoms with van der Waals surface area (Å²) in [6.07, 6.45) is 9.69. The first-order valence-electron chi connectivity index (χ1n) is 8.27. The van der Waals surface area contributed by atoms with Crippen LogP contribution in [0, 0.1) is 5.92 Å². The molecule has 9 heteroatoms. The maximum absolute atomic E-state index is 11.8. The first-order valence-corrected chi connectivity index (χ1v) is 10.1. The summed E-state index contributed by atoms with van der Waals surface area (Å²) in [4.78, 5) is 23.8. The van der Waals surface area contributed by atoms with Crippen LogP contribution in [0.1, 0.15) is 28.9 Å². The number of aromatic carboxylic acids is 1. The molecule has 1 aliphatic heterocycles. The van der Waals surface area contributed by atoms with Crippen molar-refractivity contribution in [3.05, 3.63) is 42.1 Å². The summed E-state index contributed by atoms with van der Waals surface area (Å²) in [5, 5.41) is 9.09. The molecule has 3 heterocycles. The van der Waals surface area contributed by atoms with Gasteiger partial charge in [0.2, 0.25) is 10.0 Å². The van der Waals surface area contributed by atoms with Crippen LogP contribution in [0.5, 0.6) is 0 Å². The van der Waals surface area contributed by atoms with Gasteiger partial charge in [-0.1, -0.05) is 0 Å². The summed E-state index contributed by atoms with van der Waals surface area (Å²) in [6, 6.07) is 1.51. The van der Waals surface area contributed by atoms with E-state index in [1.54, 1.807) is 18.6 Å². The molecule has 26 heavy (non-hydrogen) atoms. The average molecular weight is 376 g/mol. The minimum atomic E-state index is -3.18. The molecule has 3 rings (SSSR count). The first-order chi connectivity index (χ1) is 12.3. The summed E-state index contributed by atoms with van der Waals surface area (Å²) in [6.45, 7) is 1.05. The smallest absolute Gasteiger partial charge is 0.337 e. The van der Waals surface area contributed by atoms with E-state index in [0.29, 0.717) is 30.8 Å². The predicted octanol–water partition coefficient (Wildman–Crippen LogP) is 1.45. The van der Waals surface area contributed by atoms with Crippen molar-refractivity contribution in [3.63, 3.8) is 0 Å². The van der Waals surface area contributed by atoms with E-state index in [4.69, 9.17) is 5.11 Å². The quantitative estimate of drug-likeness (QED) is 0.840. The summed E-state index contributed by atoms with van der Waals surface area (Å²) in [5.41, 5.74) is 1.98. The highest BCUT2D eigenvalue weighted by Crippen LogP contribution is 2.23. The number of nitrogens with zero attached hydrogens (tertiary/aromatic N) is 4. The number of hydrogen-bond acceptors (Lipinski definition) is 6. The molecule has 1 saturated heterocycles. The lowest BCUT2D eigenvalue weighted by atomic mass is 9.95. The van der Waals surface area contributed by atoms with Crippen molar-refractivity contribution >= 4 is 16.0 Å². The SMILES string of the molecule is CS(=O)(=O)N1CCCC(Cc2cncc(-c3cncc(C(=O)O)c3)n2)C1. The fourth-order valence-electron chi connectivity index (χ4n) is 3.13. The fourth-order valence-corrected chi connectivity index (χ4v) is 4.07. The zero-order valence-corrected chi connectivity index (χ0v) is 15.2. The number of rotatable bonds is 5. The lowest BCUT2D eigenvalue weighted by Gasteiger charge is -2.30. The summed E-state index contributed by atoms with van der Waals surface area (Å²) in [5.74, 6) is -0.863. The molecule has 0 aliphatic carbocycles. The monoisotopic (exact) mass is 376 g/mol. The first kappa shape index (κ1) is 18.4. The Morgan fingerprint density at radius 1 is 1.27 bits per heavy atom. The van der Waals surface area contributed by atoms with E-state index in [9.17, 15) is 13.2 Å². The number of carboxylic acid groups (broad SMARTS) is 1. The van der Waals surface area contributed by atoms with Crippen molar-refractivity contribution < 1.29 is 18.3 Å². The third-order valence-electron chi connectivity index (χ3n) is 4.41. The summed E-state index contributed by atoms with van der Waals surface area (Å²) >= 11 is 0. The molecule has 1 fully saturated rings. The molecule has 2 aromatic rings. The number of carbonyl (C=O) groups is 1. The molecule has 0 spiro atoms. The minimum Gasteiger partial charge on any atom is -0.478 e. The van der Waals surface area contributed by atoms with Gasteiger partial charge in [-0.15, -0.1) is 0 Å². The van der Waals surface area contributed by atoms with Crippen molar-refractivity contribution in [1.29, 1.82) is 0 Å². The Kier molecular flexibility index (Phi) is 5.28. The molecule has 0 radical (unpaired) electrons. The second-order valence-corrected chi connectivity index (χ2v) is 8.48. The molecule has 1 atom stereocenters. The van der Waals surface area contributed by atoms with Crippen LogP contribution >= 0.6 is 0 Å². The number of carboxylic acids is 1. The molecular formula is C17H20N4O4S. The molecule has 8 nitrogen and oxygen atoms in total. The van der Waals surface area contributed by atoms with E-state index in [-0.39, 0.29) is 11.5 Å². The standard InChI is InChI=1S/C17H20N4O4S/c1-26(24,25)21-4-2-3-12(11-21)5-15-9-19-10-16(20-15)13-6-14(17(22)23)8-18-7-13/h6-10,12H,2-5,11H2,1H3,(H,22,23). The van der Waals surface area contributed by atoms with Gasteiger partial charge in [-0.3, -0.25) is 9.97 Å². The lowest BCUT2D eigenvalue weighted by Crippen LogP contribution is -2.39. The van der Waals surface area contributed by atoms with Gasteiger partial charge in [-0.05, 0) is 31.2 Å². The van der Waals surface area contributed by atoms with Gasteiger partial charge in [-0.25, -0.2) is 22.5 Å². The van der Waals surface area contributed by atoms with Crippen LogP contribution in [0.4, 0.5) is 0 Å². The number of hydrogen-bond donors (Lipinski definition) is 1. The van der Waals surface area contributed by atoms with Gasteiger partial charge in [0, 0.05) is 37.2 Å².